The van der Waals surface area contributed by atoms with Crippen LogP contribution in [-0.2, 0) is 19.8 Å². The lowest BCUT2D eigenvalue weighted by molar-refractivity contribution is -0.128. The van der Waals surface area contributed by atoms with E-state index < -0.39 is 17.3 Å². The van der Waals surface area contributed by atoms with Gasteiger partial charge in [0.05, 0.1) is 22.9 Å². The Hall–Kier alpha value is -3.53. The highest BCUT2D eigenvalue weighted by Crippen LogP contribution is 2.63. The van der Waals surface area contributed by atoms with Crippen molar-refractivity contribution in [3.63, 3.8) is 0 Å². The van der Waals surface area contributed by atoms with Gasteiger partial charge in [-0.05, 0) is 46.9 Å². The van der Waals surface area contributed by atoms with E-state index in [4.69, 9.17) is 0 Å². The molecule has 3 aromatic carbocycles. The molecule has 1 fully saturated rings. The van der Waals surface area contributed by atoms with E-state index in [1.54, 1.807) is 6.07 Å². The number of benzene rings is 3. The summed E-state index contributed by atoms with van der Waals surface area (Å²) in [6, 6.07) is 23.0. The first kappa shape index (κ1) is 17.3. The van der Waals surface area contributed by atoms with E-state index >= 15 is 0 Å². The zero-order valence-corrected chi connectivity index (χ0v) is 16.4. The summed E-state index contributed by atoms with van der Waals surface area (Å²) in [5.41, 5.74) is 4.09. The summed E-state index contributed by atoms with van der Waals surface area (Å²) < 4.78 is 0. The van der Waals surface area contributed by atoms with Gasteiger partial charge in [0, 0.05) is 5.92 Å². The zero-order valence-electron chi connectivity index (χ0n) is 16.4. The third-order valence-electron chi connectivity index (χ3n) is 7.13. The molecule has 1 aliphatic heterocycles. The van der Waals surface area contributed by atoms with Crippen LogP contribution in [0.5, 0.6) is 0 Å². The van der Waals surface area contributed by atoms with Crippen LogP contribution in [0.1, 0.15) is 33.7 Å². The highest BCUT2D eigenvalue weighted by Gasteiger charge is 2.68. The minimum absolute atomic E-state index is 0.212. The Kier molecular flexibility index (Phi) is 3.33. The molecule has 3 aromatic rings. The van der Waals surface area contributed by atoms with Crippen molar-refractivity contribution in [2.45, 2.75) is 18.3 Å². The van der Waals surface area contributed by atoms with Gasteiger partial charge in [-0.3, -0.25) is 9.59 Å². The summed E-state index contributed by atoms with van der Waals surface area (Å²) in [6.07, 6.45) is 0.905. The molecule has 0 aromatic heterocycles. The molecule has 7 rings (SSSR count). The molecule has 0 saturated carbocycles. The van der Waals surface area contributed by atoms with Crippen molar-refractivity contribution >= 4 is 23.8 Å². The van der Waals surface area contributed by atoms with Crippen LogP contribution in [0.25, 0.3) is 0 Å². The van der Waals surface area contributed by atoms with Gasteiger partial charge in [-0.2, -0.15) is 0 Å². The Morgan fingerprint density at radius 1 is 0.833 bits per heavy atom. The second-order valence-electron chi connectivity index (χ2n) is 8.49. The van der Waals surface area contributed by atoms with E-state index in [1.807, 2.05) is 73.7 Å². The molecular weight excluding hydrogens is 374 g/mol. The molecule has 4 aliphatic rings. The zero-order chi connectivity index (χ0) is 20.6. The van der Waals surface area contributed by atoms with E-state index in [0.717, 1.165) is 34.1 Å². The van der Waals surface area contributed by atoms with Crippen LogP contribution >= 0.6 is 0 Å². The summed E-state index contributed by atoms with van der Waals surface area (Å²) >= 11 is 0. The van der Waals surface area contributed by atoms with Crippen LogP contribution in [0.2, 0.25) is 0 Å². The first-order chi connectivity index (χ1) is 14.6. The molecule has 2 bridgehead atoms. The number of aldehydes is 1. The highest BCUT2D eigenvalue weighted by molar-refractivity contribution is 6.24. The predicted octanol–water partition coefficient (Wildman–Crippen LogP) is 3.74. The fraction of sp³-hybridized carbons (Fsp3) is 0.192. The Bertz CT molecular complexity index is 1210. The standard InChI is InChI=1S/C26H19NO3/c1-15-7-6-8-16(13-15)27-24(29)22-21-17-9-2-4-11-19(17)26(14-28,23(22)25(27)30)20-12-5-3-10-18(20)21/h2-14,21-23H,1H3/t21?,22-,23?,26?/m0/s1. The first-order valence-corrected chi connectivity index (χ1v) is 10.2. The number of amides is 2. The van der Waals surface area contributed by atoms with Gasteiger partial charge in [0.1, 0.15) is 6.29 Å². The molecule has 0 radical (unpaired) electrons. The molecule has 146 valence electrons. The fourth-order valence-corrected chi connectivity index (χ4v) is 6.05. The summed E-state index contributed by atoms with van der Waals surface area (Å²) in [5, 5.41) is 0. The number of hydrogen-bond donors (Lipinski definition) is 0. The van der Waals surface area contributed by atoms with Crippen molar-refractivity contribution in [1.29, 1.82) is 0 Å². The molecule has 0 N–H and O–H groups in total. The van der Waals surface area contributed by atoms with Crippen LogP contribution in [-0.4, -0.2) is 18.1 Å². The quantitative estimate of drug-likeness (QED) is 0.492. The van der Waals surface area contributed by atoms with E-state index in [0.29, 0.717) is 5.69 Å². The molecule has 0 spiro atoms. The lowest BCUT2D eigenvalue weighted by Crippen LogP contribution is -2.54. The molecule has 2 amide bonds. The molecule has 1 unspecified atom stereocenters. The fourth-order valence-electron chi connectivity index (χ4n) is 6.05. The Labute approximate surface area is 174 Å². The van der Waals surface area contributed by atoms with Gasteiger partial charge in [0.2, 0.25) is 11.8 Å². The lowest BCUT2D eigenvalue weighted by Gasteiger charge is -2.51. The molecular formula is C26H19NO3. The van der Waals surface area contributed by atoms with Gasteiger partial charge in [0.25, 0.3) is 0 Å². The molecule has 4 nitrogen and oxygen atoms in total. The van der Waals surface area contributed by atoms with Crippen molar-refractivity contribution in [2.24, 2.45) is 11.8 Å². The molecule has 1 saturated heterocycles. The van der Waals surface area contributed by atoms with Crippen molar-refractivity contribution < 1.29 is 14.4 Å². The summed E-state index contributed by atoms with van der Waals surface area (Å²) in [7, 11) is 0. The maximum absolute atomic E-state index is 13.8. The average molecular weight is 393 g/mol. The number of carbonyl (C=O) groups excluding carboxylic acids is 3. The van der Waals surface area contributed by atoms with Gasteiger partial charge >= 0.3 is 0 Å². The molecule has 4 heteroatoms. The van der Waals surface area contributed by atoms with Gasteiger partial charge in [-0.25, -0.2) is 4.90 Å². The lowest BCUT2D eigenvalue weighted by atomic mass is 9.48. The third kappa shape index (κ3) is 1.85. The number of imide groups is 1. The van der Waals surface area contributed by atoms with Crippen molar-refractivity contribution in [3.05, 3.63) is 101 Å². The minimum atomic E-state index is -1.14. The topological polar surface area (TPSA) is 54.5 Å². The summed E-state index contributed by atoms with van der Waals surface area (Å²) in [5.74, 6) is -2.02. The average Bonchev–Trinajstić information content (AvgIpc) is 3.05. The van der Waals surface area contributed by atoms with E-state index in [1.165, 1.54) is 4.90 Å². The number of nitrogens with zero attached hydrogens (tertiary/aromatic N) is 1. The van der Waals surface area contributed by atoms with Gasteiger partial charge in [0.15, 0.2) is 0 Å². The number of hydrogen-bond acceptors (Lipinski definition) is 3. The smallest absolute Gasteiger partial charge is 0.239 e. The summed E-state index contributed by atoms with van der Waals surface area (Å²) in [6.45, 7) is 1.93. The Morgan fingerprint density at radius 2 is 1.47 bits per heavy atom. The largest absolute Gasteiger partial charge is 0.302 e. The van der Waals surface area contributed by atoms with Crippen LogP contribution in [0, 0.1) is 18.8 Å². The van der Waals surface area contributed by atoms with Crippen molar-refractivity contribution in [2.75, 3.05) is 4.90 Å². The predicted molar refractivity (Wildman–Crippen MR) is 112 cm³/mol. The molecule has 30 heavy (non-hydrogen) atoms. The number of carbonyl (C=O) groups is 3. The summed E-state index contributed by atoms with van der Waals surface area (Å²) in [4.78, 5) is 41.7. The maximum atomic E-state index is 13.8. The number of anilines is 1. The number of rotatable bonds is 2. The van der Waals surface area contributed by atoms with Gasteiger partial charge in [-0.1, -0.05) is 60.7 Å². The monoisotopic (exact) mass is 393 g/mol. The molecule has 3 aliphatic carbocycles. The van der Waals surface area contributed by atoms with Gasteiger partial charge in [-0.15, -0.1) is 0 Å². The maximum Gasteiger partial charge on any atom is 0.239 e. The van der Waals surface area contributed by atoms with Crippen LogP contribution in [0.4, 0.5) is 5.69 Å². The van der Waals surface area contributed by atoms with Crippen LogP contribution < -0.4 is 4.90 Å². The van der Waals surface area contributed by atoms with Crippen LogP contribution in [0.3, 0.4) is 0 Å². The molecule has 1 heterocycles. The van der Waals surface area contributed by atoms with Crippen LogP contribution in [0.15, 0.2) is 72.8 Å². The second kappa shape index (κ2) is 5.76. The van der Waals surface area contributed by atoms with Gasteiger partial charge < -0.3 is 4.79 Å². The van der Waals surface area contributed by atoms with E-state index in [2.05, 4.69) is 0 Å². The Morgan fingerprint density at radius 3 is 2.07 bits per heavy atom. The normalized spacial score (nSPS) is 28.2. The second-order valence-corrected chi connectivity index (χ2v) is 8.49. The third-order valence-corrected chi connectivity index (χ3v) is 7.13. The van der Waals surface area contributed by atoms with E-state index in [9.17, 15) is 14.4 Å². The Balaban J connectivity index is 1.66. The molecule has 2 atom stereocenters. The minimum Gasteiger partial charge on any atom is -0.302 e. The highest BCUT2D eigenvalue weighted by atomic mass is 16.2. The number of aryl methyl sites for hydroxylation is 1. The first-order valence-electron chi connectivity index (χ1n) is 10.2. The SMILES string of the molecule is Cc1cccc(N2C(=O)C3[C@@H](C2=O)C2c4ccccc4C3(C=O)c3ccccc32)c1. The van der Waals surface area contributed by atoms with Crippen molar-refractivity contribution in [3.8, 4) is 0 Å². The van der Waals surface area contributed by atoms with Crippen molar-refractivity contribution in [1.82, 2.24) is 0 Å². The van der Waals surface area contributed by atoms with E-state index in [-0.39, 0.29) is 17.7 Å².